The summed E-state index contributed by atoms with van der Waals surface area (Å²) in [5.41, 5.74) is 6.31. The van der Waals surface area contributed by atoms with E-state index in [2.05, 4.69) is 20.3 Å². The number of carbonyl (C=O) groups excluding carboxylic acids is 1. The summed E-state index contributed by atoms with van der Waals surface area (Å²) in [6, 6.07) is 0.313. The number of hydrogen-bond acceptors (Lipinski definition) is 6. The molecule has 2 aromatic heterocycles. The summed E-state index contributed by atoms with van der Waals surface area (Å²) < 4.78 is 7.01. The van der Waals surface area contributed by atoms with Crippen LogP contribution < -0.4 is 11.1 Å². The number of imidazole rings is 1. The van der Waals surface area contributed by atoms with Gasteiger partial charge in [0.15, 0.2) is 0 Å². The summed E-state index contributed by atoms with van der Waals surface area (Å²) in [6.07, 6.45) is 6.70. The quantitative estimate of drug-likeness (QED) is 0.859. The first-order valence-corrected chi connectivity index (χ1v) is 7.15. The van der Waals surface area contributed by atoms with Gasteiger partial charge in [0.25, 0.3) is 5.91 Å². The molecular weight excluding hydrogens is 284 g/mol. The maximum Gasteiger partial charge on any atom is 0.268 e. The van der Waals surface area contributed by atoms with Gasteiger partial charge in [-0.3, -0.25) is 9.36 Å². The highest BCUT2D eigenvalue weighted by Crippen LogP contribution is 2.16. The Morgan fingerprint density at radius 3 is 2.86 bits per heavy atom. The van der Waals surface area contributed by atoms with Gasteiger partial charge in [-0.15, -0.1) is 0 Å². The molecule has 1 amide bonds. The monoisotopic (exact) mass is 302 g/mol. The van der Waals surface area contributed by atoms with Gasteiger partial charge in [0.05, 0.1) is 0 Å². The van der Waals surface area contributed by atoms with Gasteiger partial charge in [0.2, 0.25) is 5.95 Å². The van der Waals surface area contributed by atoms with E-state index >= 15 is 0 Å². The van der Waals surface area contributed by atoms with Crippen LogP contribution in [0.15, 0.2) is 18.7 Å². The molecule has 8 nitrogen and oxygen atoms in total. The highest BCUT2D eigenvalue weighted by molar-refractivity contribution is 5.90. The van der Waals surface area contributed by atoms with Gasteiger partial charge in [0, 0.05) is 37.2 Å². The number of ether oxygens (including phenoxy) is 1. The molecule has 116 valence electrons. The van der Waals surface area contributed by atoms with Crippen LogP contribution in [0.2, 0.25) is 0 Å². The van der Waals surface area contributed by atoms with Crippen molar-refractivity contribution in [3.05, 3.63) is 30.0 Å². The molecule has 3 heterocycles. The number of aryl methyl sites for hydroxylation is 1. The van der Waals surface area contributed by atoms with E-state index in [1.54, 1.807) is 17.0 Å². The van der Waals surface area contributed by atoms with Crippen LogP contribution in [-0.2, 0) is 4.74 Å². The summed E-state index contributed by atoms with van der Waals surface area (Å²) in [4.78, 5) is 23.9. The number of nitrogens with zero attached hydrogens (tertiary/aromatic N) is 4. The molecule has 22 heavy (non-hydrogen) atoms. The van der Waals surface area contributed by atoms with Crippen LogP contribution in [0, 0.1) is 6.92 Å². The Morgan fingerprint density at radius 2 is 2.18 bits per heavy atom. The number of amides is 1. The van der Waals surface area contributed by atoms with Crippen LogP contribution in [0.4, 0.5) is 5.95 Å². The minimum Gasteiger partial charge on any atom is -0.381 e. The number of primary amides is 1. The number of nitrogens with one attached hydrogen (secondary N) is 1. The Morgan fingerprint density at radius 1 is 1.41 bits per heavy atom. The normalized spacial score (nSPS) is 15.7. The third kappa shape index (κ3) is 3.06. The number of rotatable bonds is 4. The van der Waals surface area contributed by atoms with E-state index in [1.165, 1.54) is 6.33 Å². The molecule has 0 spiro atoms. The van der Waals surface area contributed by atoms with E-state index in [0.717, 1.165) is 31.6 Å². The van der Waals surface area contributed by atoms with E-state index in [4.69, 9.17) is 10.5 Å². The summed E-state index contributed by atoms with van der Waals surface area (Å²) in [6.45, 7) is 3.40. The zero-order chi connectivity index (χ0) is 15.5. The van der Waals surface area contributed by atoms with Crippen LogP contribution in [0.5, 0.6) is 0 Å². The van der Waals surface area contributed by atoms with E-state index in [1.807, 2.05) is 6.92 Å². The van der Waals surface area contributed by atoms with Crippen molar-refractivity contribution < 1.29 is 9.53 Å². The van der Waals surface area contributed by atoms with Gasteiger partial charge >= 0.3 is 0 Å². The molecule has 0 aliphatic carbocycles. The molecule has 0 bridgehead atoms. The fourth-order valence-corrected chi connectivity index (χ4v) is 2.35. The molecular formula is C14H18N6O2. The summed E-state index contributed by atoms with van der Waals surface area (Å²) in [5, 5.41) is 3.32. The SMILES string of the molecule is Cc1cnc(NC2CCOCC2)nc1-n1cnc(C(N)=O)c1. The number of anilines is 1. The average Bonchev–Trinajstić information content (AvgIpc) is 3.00. The maximum absolute atomic E-state index is 11.1. The predicted molar refractivity (Wildman–Crippen MR) is 79.9 cm³/mol. The van der Waals surface area contributed by atoms with Crippen molar-refractivity contribution in [2.45, 2.75) is 25.8 Å². The molecule has 3 N–H and O–H groups in total. The van der Waals surface area contributed by atoms with Crippen molar-refractivity contribution >= 4 is 11.9 Å². The fraction of sp³-hybridized carbons (Fsp3) is 0.429. The molecule has 1 aliphatic heterocycles. The highest BCUT2D eigenvalue weighted by atomic mass is 16.5. The smallest absolute Gasteiger partial charge is 0.268 e. The van der Waals surface area contributed by atoms with Gasteiger partial charge < -0.3 is 15.8 Å². The third-order valence-electron chi connectivity index (χ3n) is 3.58. The molecule has 0 aromatic carbocycles. The third-order valence-corrected chi connectivity index (χ3v) is 3.58. The molecule has 0 unspecified atom stereocenters. The maximum atomic E-state index is 11.1. The molecule has 1 saturated heterocycles. The van der Waals surface area contributed by atoms with E-state index in [-0.39, 0.29) is 5.69 Å². The number of carbonyl (C=O) groups is 1. The lowest BCUT2D eigenvalue weighted by Crippen LogP contribution is -2.28. The first kappa shape index (κ1) is 14.5. The van der Waals surface area contributed by atoms with Gasteiger partial charge in [-0.05, 0) is 19.8 Å². The van der Waals surface area contributed by atoms with Crippen molar-refractivity contribution in [2.75, 3.05) is 18.5 Å². The molecule has 1 fully saturated rings. The summed E-state index contributed by atoms with van der Waals surface area (Å²) in [5.74, 6) is 0.664. The molecule has 3 rings (SSSR count). The summed E-state index contributed by atoms with van der Waals surface area (Å²) in [7, 11) is 0. The Labute approximate surface area is 127 Å². The van der Waals surface area contributed by atoms with Gasteiger partial charge in [-0.25, -0.2) is 9.97 Å². The van der Waals surface area contributed by atoms with Crippen LogP contribution in [0.25, 0.3) is 5.82 Å². The van der Waals surface area contributed by atoms with Gasteiger partial charge in [-0.1, -0.05) is 0 Å². The molecule has 0 radical (unpaired) electrons. The van der Waals surface area contributed by atoms with E-state index < -0.39 is 5.91 Å². The van der Waals surface area contributed by atoms with Crippen molar-refractivity contribution in [3.63, 3.8) is 0 Å². The lowest BCUT2D eigenvalue weighted by molar-refractivity contribution is 0.0903. The van der Waals surface area contributed by atoms with Crippen molar-refractivity contribution in [1.29, 1.82) is 0 Å². The van der Waals surface area contributed by atoms with Crippen LogP contribution >= 0.6 is 0 Å². The van der Waals surface area contributed by atoms with Crippen molar-refractivity contribution in [3.8, 4) is 5.82 Å². The lowest BCUT2D eigenvalue weighted by atomic mass is 10.1. The molecule has 2 aromatic rings. The first-order valence-electron chi connectivity index (χ1n) is 7.15. The van der Waals surface area contributed by atoms with E-state index in [0.29, 0.717) is 17.8 Å². The second kappa shape index (κ2) is 6.10. The highest BCUT2D eigenvalue weighted by Gasteiger charge is 2.16. The number of hydrogen-bond donors (Lipinski definition) is 2. The van der Waals surface area contributed by atoms with Crippen molar-refractivity contribution in [2.24, 2.45) is 5.73 Å². The zero-order valence-electron chi connectivity index (χ0n) is 12.3. The minimum atomic E-state index is -0.564. The minimum absolute atomic E-state index is 0.206. The predicted octanol–water partition coefficient (Wildman–Crippen LogP) is 0.661. The Bertz CT molecular complexity index is 678. The van der Waals surface area contributed by atoms with Crippen LogP contribution in [0.3, 0.4) is 0 Å². The van der Waals surface area contributed by atoms with E-state index in [9.17, 15) is 4.79 Å². The first-order chi connectivity index (χ1) is 10.6. The number of nitrogens with two attached hydrogens (primary N) is 1. The molecule has 1 aliphatic rings. The number of aromatic nitrogens is 4. The molecule has 0 saturated carbocycles. The van der Waals surface area contributed by atoms with Crippen LogP contribution in [-0.4, -0.2) is 44.7 Å². The Balaban J connectivity index is 1.83. The fourth-order valence-electron chi connectivity index (χ4n) is 2.35. The Kier molecular flexibility index (Phi) is 4.01. The molecule has 0 atom stereocenters. The lowest BCUT2D eigenvalue weighted by Gasteiger charge is -2.23. The Hall–Kier alpha value is -2.48. The van der Waals surface area contributed by atoms with Gasteiger partial charge in [-0.2, -0.15) is 4.98 Å². The van der Waals surface area contributed by atoms with Crippen molar-refractivity contribution in [1.82, 2.24) is 19.5 Å². The largest absolute Gasteiger partial charge is 0.381 e. The topological polar surface area (TPSA) is 108 Å². The molecule has 8 heteroatoms. The average molecular weight is 302 g/mol. The van der Waals surface area contributed by atoms with Crippen LogP contribution in [0.1, 0.15) is 28.9 Å². The van der Waals surface area contributed by atoms with Gasteiger partial charge in [0.1, 0.15) is 17.8 Å². The second-order valence-electron chi connectivity index (χ2n) is 5.26. The summed E-state index contributed by atoms with van der Waals surface area (Å²) >= 11 is 0. The standard InChI is InChI=1S/C14H18N6O2/c1-9-6-16-14(18-10-2-4-22-5-3-10)19-13(9)20-7-11(12(15)21)17-8-20/h6-8,10H,2-5H2,1H3,(H2,15,21)(H,16,18,19). The second-order valence-corrected chi connectivity index (χ2v) is 5.26. The zero-order valence-corrected chi connectivity index (χ0v) is 12.3.